The zero-order valence-corrected chi connectivity index (χ0v) is 18.5. The molecular formula is C25H19ClF3N3O2. The second-order valence-corrected chi connectivity index (χ2v) is 8.11. The molecule has 0 aliphatic carbocycles. The van der Waals surface area contributed by atoms with E-state index in [0.29, 0.717) is 32.3 Å². The molecule has 0 radical (unpaired) electrons. The molecule has 1 aliphatic heterocycles. The van der Waals surface area contributed by atoms with Gasteiger partial charge in [0.25, 0.3) is 5.91 Å². The van der Waals surface area contributed by atoms with Crippen LogP contribution in [0.1, 0.15) is 16.7 Å². The minimum Gasteiger partial charge on any atom is -0.326 e. The van der Waals surface area contributed by atoms with Crippen LogP contribution in [-0.4, -0.2) is 36.4 Å². The van der Waals surface area contributed by atoms with Crippen molar-refractivity contribution >= 4 is 34.8 Å². The zero-order valence-electron chi connectivity index (χ0n) is 17.7. The number of carbonyl (C=O) groups excluding carboxylic acids is 2. The summed E-state index contributed by atoms with van der Waals surface area (Å²) in [7, 11) is 0. The highest BCUT2D eigenvalue weighted by Crippen LogP contribution is 2.31. The molecule has 2 amide bonds. The lowest BCUT2D eigenvalue weighted by molar-refractivity contribution is -0.134. The van der Waals surface area contributed by atoms with Crippen LogP contribution in [0.5, 0.6) is 0 Å². The Bertz CT molecular complexity index is 1250. The van der Waals surface area contributed by atoms with Gasteiger partial charge < -0.3 is 5.32 Å². The average Bonchev–Trinajstić information content (AvgIpc) is 2.89. The fourth-order valence-corrected chi connectivity index (χ4v) is 3.94. The molecule has 3 aromatic rings. The first-order valence-electron chi connectivity index (χ1n) is 10.4. The van der Waals surface area contributed by atoms with Gasteiger partial charge in [0.15, 0.2) is 0 Å². The monoisotopic (exact) mass is 485 g/mol. The summed E-state index contributed by atoms with van der Waals surface area (Å²) in [4.78, 5) is 31.1. The number of nitrogens with one attached hydrogen (secondary N) is 1. The molecule has 1 N–H and O–H groups in total. The normalized spacial score (nSPS) is 15.9. The van der Waals surface area contributed by atoms with Gasteiger partial charge in [-0.2, -0.15) is 13.2 Å². The first-order valence-corrected chi connectivity index (χ1v) is 10.7. The second-order valence-electron chi connectivity index (χ2n) is 7.68. The maximum absolute atomic E-state index is 13.4. The Morgan fingerprint density at radius 3 is 2.41 bits per heavy atom. The quantitative estimate of drug-likeness (QED) is 0.566. The van der Waals surface area contributed by atoms with E-state index >= 15 is 0 Å². The molecule has 174 valence electrons. The van der Waals surface area contributed by atoms with Gasteiger partial charge in [-0.05, 0) is 23.8 Å². The van der Waals surface area contributed by atoms with Gasteiger partial charge in [-0.25, -0.2) is 4.99 Å². The van der Waals surface area contributed by atoms with Crippen molar-refractivity contribution in [3.05, 3.63) is 101 Å². The van der Waals surface area contributed by atoms with Crippen LogP contribution in [0.4, 0.5) is 18.9 Å². The molecule has 5 nitrogen and oxygen atoms in total. The van der Waals surface area contributed by atoms with E-state index in [1.54, 1.807) is 72.8 Å². The lowest BCUT2D eigenvalue weighted by Crippen LogP contribution is -2.50. The number of anilines is 1. The molecule has 0 aromatic heterocycles. The van der Waals surface area contributed by atoms with E-state index in [4.69, 9.17) is 11.6 Å². The van der Waals surface area contributed by atoms with E-state index < -0.39 is 30.7 Å². The van der Waals surface area contributed by atoms with Gasteiger partial charge in [-0.15, -0.1) is 0 Å². The first-order chi connectivity index (χ1) is 16.2. The summed E-state index contributed by atoms with van der Waals surface area (Å²) in [6.45, 7) is -1.51. The van der Waals surface area contributed by atoms with Gasteiger partial charge >= 0.3 is 6.18 Å². The number of hydrogen-bond acceptors (Lipinski definition) is 3. The molecule has 3 aromatic carbocycles. The van der Waals surface area contributed by atoms with Gasteiger partial charge in [0, 0.05) is 16.1 Å². The Morgan fingerprint density at radius 1 is 1.00 bits per heavy atom. The van der Waals surface area contributed by atoms with Crippen molar-refractivity contribution in [2.45, 2.75) is 18.8 Å². The van der Waals surface area contributed by atoms with Gasteiger partial charge in [0.2, 0.25) is 12.1 Å². The van der Waals surface area contributed by atoms with Crippen LogP contribution in [0.25, 0.3) is 0 Å². The molecule has 34 heavy (non-hydrogen) atoms. The minimum absolute atomic E-state index is 0.0685. The smallest absolute Gasteiger partial charge is 0.326 e. The third-order valence-corrected chi connectivity index (χ3v) is 5.38. The van der Waals surface area contributed by atoms with Crippen LogP contribution in [-0.2, 0) is 16.0 Å². The molecule has 1 atom stereocenters. The van der Waals surface area contributed by atoms with E-state index in [0.717, 1.165) is 0 Å². The number of benzodiazepines with no additional fused rings is 1. The van der Waals surface area contributed by atoms with Crippen molar-refractivity contribution in [3.63, 3.8) is 0 Å². The number of fused-ring (bicyclic) bond motifs is 1. The van der Waals surface area contributed by atoms with E-state index in [-0.39, 0.29) is 12.1 Å². The predicted molar refractivity (Wildman–Crippen MR) is 124 cm³/mol. The topological polar surface area (TPSA) is 61.8 Å². The van der Waals surface area contributed by atoms with Gasteiger partial charge in [-0.1, -0.05) is 72.3 Å². The minimum atomic E-state index is -4.66. The highest BCUT2D eigenvalue weighted by atomic mass is 35.5. The number of amides is 2. The molecule has 1 heterocycles. The molecule has 0 spiro atoms. The molecule has 0 saturated heterocycles. The van der Waals surface area contributed by atoms with Crippen molar-refractivity contribution < 1.29 is 22.8 Å². The van der Waals surface area contributed by atoms with Crippen molar-refractivity contribution in [1.82, 2.24) is 5.32 Å². The average molecular weight is 486 g/mol. The van der Waals surface area contributed by atoms with E-state index in [2.05, 4.69) is 10.3 Å². The molecule has 1 unspecified atom stereocenters. The molecule has 0 fully saturated rings. The van der Waals surface area contributed by atoms with Crippen LogP contribution in [0, 0.1) is 0 Å². The number of benzene rings is 3. The van der Waals surface area contributed by atoms with E-state index in [1.165, 1.54) is 6.07 Å². The summed E-state index contributed by atoms with van der Waals surface area (Å²) in [5.41, 5.74) is 1.93. The highest BCUT2D eigenvalue weighted by molar-refractivity contribution is 6.30. The van der Waals surface area contributed by atoms with Crippen LogP contribution in [0.2, 0.25) is 5.02 Å². The number of para-hydroxylation sites is 1. The highest BCUT2D eigenvalue weighted by Gasteiger charge is 2.39. The molecule has 4 rings (SSSR count). The van der Waals surface area contributed by atoms with Crippen LogP contribution in [0.15, 0.2) is 83.9 Å². The lowest BCUT2D eigenvalue weighted by Gasteiger charge is -2.26. The third kappa shape index (κ3) is 5.46. The molecule has 0 saturated carbocycles. The van der Waals surface area contributed by atoms with Crippen molar-refractivity contribution in [2.75, 3.05) is 11.4 Å². The fourth-order valence-electron chi connectivity index (χ4n) is 3.73. The third-order valence-electron chi connectivity index (χ3n) is 5.14. The van der Waals surface area contributed by atoms with Crippen LogP contribution in [0.3, 0.4) is 0 Å². The van der Waals surface area contributed by atoms with Crippen molar-refractivity contribution in [2.24, 2.45) is 4.99 Å². The first kappa shape index (κ1) is 23.5. The maximum Gasteiger partial charge on any atom is 0.406 e. The van der Waals surface area contributed by atoms with Crippen molar-refractivity contribution in [1.29, 1.82) is 0 Å². The summed E-state index contributed by atoms with van der Waals surface area (Å²) < 4.78 is 40.3. The standard InChI is InChI=1S/C25H19ClF3N3O2/c26-18-10-6-7-16(13-18)14-21(33)30-23-24(34)32(15-25(27,28)29)20-12-5-4-11-19(20)22(31-23)17-8-2-1-3-9-17/h1-13,23H,14-15H2,(H,30,33). The zero-order chi connectivity index (χ0) is 24.3. The van der Waals surface area contributed by atoms with Crippen LogP contribution >= 0.6 is 11.6 Å². The number of halogens is 4. The van der Waals surface area contributed by atoms with Gasteiger partial charge in [0.1, 0.15) is 6.54 Å². The molecule has 9 heteroatoms. The summed E-state index contributed by atoms with van der Waals surface area (Å²) in [6, 6.07) is 21.7. The number of nitrogens with zero attached hydrogens (tertiary/aromatic N) is 2. The fraction of sp³-hybridized carbons (Fsp3) is 0.160. The maximum atomic E-state index is 13.4. The van der Waals surface area contributed by atoms with Crippen molar-refractivity contribution in [3.8, 4) is 0 Å². The van der Waals surface area contributed by atoms with Gasteiger partial charge in [0.05, 0.1) is 17.8 Å². The number of rotatable bonds is 5. The number of aliphatic imine (C=N–C) groups is 1. The Kier molecular flexibility index (Phi) is 6.70. The largest absolute Gasteiger partial charge is 0.406 e. The Balaban J connectivity index is 1.75. The second kappa shape index (κ2) is 9.69. The van der Waals surface area contributed by atoms with Gasteiger partial charge in [-0.3, -0.25) is 14.5 Å². The summed E-state index contributed by atoms with van der Waals surface area (Å²) in [6.07, 6.45) is -6.32. The predicted octanol–water partition coefficient (Wildman–Crippen LogP) is 4.77. The molecular weight excluding hydrogens is 467 g/mol. The number of alkyl halides is 3. The SMILES string of the molecule is O=C(Cc1cccc(Cl)c1)NC1N=C(c2ccccc2)c2ccccc2N(CC(F)(F)F)C1=O. The Labute approximate surface area is 198 Å². The lowest BCUT2D eigenvalue weighted by atomic mass is 10.0. The van der Waals surface area contributed by atoms with E-state index in [9.17, 15) is 22.8 Å². The molecule has 0 bridgehead atoms. The Morgan fingerprint density at radius 2 is 1.71 bits per heavy atom. The number of carbonyl (C=O) groups is 2. The molecule has 1 aliphatic rings. The number of hydrogen-bond donors (Lipinski definition) is 1. The van der Waals surface area contributed by atoms with E-state index in [1.807, 2.05) is 0 Å². The summed E-state index contributed by atoms with van der Waals surface area (Å²) in [5.74, 6) is -1.55. The van der Waals surface area contributed by atoms with Crippen LogP contribution < -0.4 is 10.2 Å². The summed E-state index contributed by atoms with van der Waals surface area (Å²) in [5, 5.41) is 2.94. The Hall–Kier alpha value is -3.65. The summed E-state index contributed by atoms with van der Waals surface area (Å²) >= 11 is 5.96.